The Hall–Kier alpha value is -3.61. The number of hydrogen-bond donors (Lipinski definition) is 2. The molecule has 7 heteroatoms. The Balaban J connectivity index is 1.88. The van der Waals surface area contributed by atoms with Crippen molar-refractivity contribution in [3.05, 3.63) is 82.3 Å². The lowest BCUT2D eigenvalue weighted by Crippen LogP contribution is -2.34. The van der Waals surface area contributed by atoms with Crippen LogP contribution in [0.25, 0.3) is 5.52 Å². The van der Waals surface area contributed by atoms with Gasteiger partial charge in [0.1, 0.15) is 11.3 Å². The molecule has 1 amide bonds. The molecule has 1 aromatic carbocycles. The van der Waals surface area contributed by atoms with Crippen molar-refractivity contribution in [1.29, 1.82) is 0 Å². The van der Waals surface area contributed by atoms with Crippen molar-refractivity contribution in [3.8, 4) is 5.75 Å². The van der Waals surface area contributed by atoms with E-state index in [0.29, 0.717) is 23.4 Å². The number of nitrogens with zero attached hydrogens (tertiary/aromatic N) is 1. The van der Waals surface area contributed by atoms with Gasteiger partial charge in [0.25, 0.3) is 11.5 Å². The van der Waals surface area contributed by atoms with E-state index in [2.05, 4.69) is 12.2 Å². The molecule has 0 saturated carbocycles. The monoisotopic (exact) mass is 408 g/mol. The number of rotatable bonds is 9. The minimum Gasteiger partial charge on any atom is -0.492 e. The summed E-state index contributed by atoms with van der Waals surface area (Å²) < 4.78 is 7.02. The van der Waals surface area contributed by atoms with Crippen molar-refractivity contribution in [2.75, 3.05) is 6.61 Å². The van der Waals surface area contributed by atoms with Gasteiger partial charge in [-0.15, -0.1) is 0 Å². The average molecular weight is 408 g/mol. The lowest BCUT2D eigenvalue weighted by atomic mass is 10.0. The average Bonchev–Trinajstić information content (AvgIpc) is 2.74. The van der Waals surface area contributed by atoms with Gasteiger partial charge in [-0.3, -0.25) is 18.8 Å². The third-order valence-electron chi connectivity index (χ3n) is 4.72. The number of carboxylic acids is 1. The second-order valence-corrected chi connectivity index (χ2v) is 6.95. The molecular weight excluding hydrogens is 384 g/mol. The summed E-state index contributed by atoms with van der Waals surface area (Å²) in [5.74, 6) is -1.13. The van der Waals surface area contributed by atoms with Gasteiger partial charge >= 0.3 is 5.97 Å². The van der Waals surface area contributed by atoms with Crippen LogP contribution in [0.15, 0.2) is 65.6 Å². The molecule has 2 aromatic heterocycles. The van der Waals surface area contributed by atoms with E-state index in [0.717, 1.165) is 12.8 Å². The number of aliphatic carboxylic acids is 1. The fraction of sp³-hybridized carbons (Fsp3) is 0.261. The zero-order chi connectivity index (χ0) is 21.5. The number of benzene rings is 1. The number of unbranched alkanes of at least 4 members (excludes halogenated alkanes) is 1. The van der Waals surface area contributed by atoms with Crippen LogP contribution in [0.4, 0.5) is 0 Å². The summed E-state index contributed by atoms with van der Waals surface area (Å²) in [4.78, 5) is 37.0. The highest BCUT2D eigenvalue weighted by Gasteiger charge is 2.21. The van der Waals surface area contributed by atoms with Crippen molar-refractivity contribution >= 4 is 17.4 Å². The van der Waals surface area contributed by atoms with Crippen LogP contribution in [-0.2, 0) is 4.79 Å². The third kappa shape index (κ3) is 5.05. The minimum absolute atomic E-state index is 0.0653. The number of hydrogen-bond acceptors (Lipinski definition) is 4. The Kier molecular flexibility index (Phi) is 6.85. The van der Waals surface area contributed by atoms with Crippen molar-refractivity contribution in [2.45, 2.75) is 32.2 Å². The van der Waals surface area contributed by atoms with Gasteiger partial charge in [-0.2, -0.15) is 0 Å². The number of aromatic nitrogens is 1. The van der Waals surface area contributed by atoms with Crippen LogP contribution in [0, 0.1) is 0 Å². The molecule has 0 spiro atoms. The fourth-order valence-corrected chi connectivity index (χ4v) is 3.11. The summed E-state index contributed by atoms with van der Waals surface area (Å²) >= 11 is 0. The molecule has 30 heavy (non-hydrogen) atoms. The quantitative estimate of drug-likeness (QED) is 0.529. The predicted octanol–water partition coefficient (Wildman–Crippen LogP) is 3.42. The molecule has 3 aromatic rings. The number of carboxylic acid groups (broad SMARTS) is 1. The zero-order valence-electron chi connectivity index (χ0n) is 16.7. The second-order valence-electron chi connectivity index (χ2n) is 6.95. The minimum atomic E-state index is -1.05. The normalized spacial score (nSPS) is 11.8. The second kappa shape index (κ2) is 9.73. The van der Waals surface area contributed by atoms with Crippen molar-refractivity contribution in [2.24, 2.45) is 0 Å². The standard InChI is InChI=1S/C23H24N2O5/c1-2-3-13-30-18-11-9-17-10-12-19(23(29)25(17)15-18)22(28)24-20(14-21(26)27)16-7-5-4-6-8-16/h4-12,15,20H,2-3,13-14H2,1H3,(H,24,28)(H,26,27). The van der Waals surface area contributed by atoms with E-state index in [4.69, 9.17) is 4.74 Å². The summed E-state index contributed by atoms with van der Waals surface area (Å²) in [5.41, 5.74) is 0.725. The van der Waals surface area contributed by atoms with Gasteiger partial charge in [-0.25, -0.2) is 0 Å². The van der Waals surface area contributed by atoms with Gasteiger partial charge in [-0.05, 0) is 36.2 Å². The van der Waals surface area contributed by atoms with Crippen LogP contribution in [-0.4, -0.2) is 28.0 Å². The maximum Gasteiger partial charge on any atom is 0.305 e. The Morgan fingerprint density at radius 2 is 1.83 bits per heavy atom. The first-order chi connectivity index (χ1) is 14.5. The number of ether oxygens (including phenoxy) is 1. The summed E-state index contributed by atoms with van der Waals surface area (Å²) in [6, 6.07) is 14.7. The van der Waals surface area contributed by atoms with Gasteiger partial charge < -0.3 is 15.2 Å². The third-order valence-corrected chi connectivity index (χ3v) is 4.72. The number of pyridine rings is 2. The molecule has 7 nitrogen and oxygen atoms in total. The number of carbonyl (C=O) groups excluding carboxylic acids is 1. The molecule has 1 unspecified atom stereocenters. The Morgan fingerprint density at radius 3 is 2.53 bits per heavy atom. The highest BCUT2D eigenvalue weighted by molar-refractivity contribution is 5.94. The van der Waals surface area contributed by atoms with E-state index in [1.165, 1.54) is 10.5 Å². The first-order valence-corrected chi connectivity index (χ1v) is 9.85. The zero-order valence-corrected chi connectivity index (χ0v) is 16.7. The number of amides is 1. The summed E-state index contributed by atoms with van der Waals surface area (Å²) in [6.07, 6.45) is 3.17. The van der Waals surface area contributed by atoms with Gasteiger partial charge in [0.05, 0.1) is 25.3 Å². The first kappa shape index (κ1) is 21.1. The van der Waals surface area contributed by atoms with Crippen molar-refractivity contribution < 1.29 is 19.4 Å². The molecular formula is C23H24N2O5. The summed E-state index contributed by atoms with van der Waals surface area (Å²) in [7, 11) is 0. The smallest absolute Gasteiger partial charge is 0.305 e. The molecule has 0 aliphatic rings. The van der Waals surface area contributed by atoms with Crippen molar-refractivity contribution in [1.82, 2.24) is 9.72 Å². The molecule has 156 valence electrons. The Morgan fingerprint density at radius 1 is 1.10 bits per heavy atom. The molecule has 0 radical (unpaired) electrons. The summed E-state index contributed by atoms with van der Waals surface area (Å²) in [6.45, 7) is 2.61. The molecule has 0 bridgehead atoms. The molecule has 2 heterocycles. The van der Waals surface area contributed by atoms with Crippen molar-refractivity contribution in [3.63, 3.8) is 0 Å². The van der Waals surface area contributed by atoms with Crippen LogP contribution >= 0.6 is 0 Å². The van der Waals surface area contributed by atoms with Crippen LogP contribution in [0.3, 0.4) is 0 Å². The molecule has 0 saturated heterocycles. The molecule has 1 atom stereocenters. The number of nitrogens with one attached hydrogen (secondary N) is 1. The lowest BCUT2D eigenvalue weighted by molar-refractivity contribution is -0.137. The van der Waals surface area contributed by atoms with Gasteiger partial charge in [0, 0.05) is 5.52 Å². The van der Waals surface area contributed by atoms with E-state index in [1.807, 2.05) is 0 Å². The Labute approximate surface area is 173 Å². The molecule has 2 N–H and O–H groups in total. The van der Waals surface area contributed by atoms with E-state index >= 15 is 0 Å². The summed E-state index contributed by atoms with van der Waals surface area (Å²) in [5, 5.41) is 11.9. The highest BCUT2D eigenvalue weighted by Crippen LogP contribution is 2.18. The van der Waals surface area contributed by atoms with E-state index in [-0.39, 0.29) is 12.0 Å². The SMILES string of the molecule is CCCCOc1ccc2ccc(C(=O)NC(CC(=O)O)c3ccccc3)c(=O)n2c1. The number of fused-ring (bicyclic) bond motifs is 1. The van der Waals surface area contributed by atoms with Gasteiger partial charge in [0.15, 0.2) is 0 Å². The topological polar surface area (TPSA) is 97.1 Å². The first-order valence-electron chi connectivity index (χ1n) is 9.85. The Bertz CT molecular complexity index is 1090. The van der Waals surface area contributed by atoms with E-state index in [9.17, 15) is 19.5 Å². The highest BCUT2D eigenvalue weighted by atomic mass is 16.5. The largest absolute Gasteiger partial charge is 0.492 e. The molecule has 0 aliphatic carbocycles. The predicted molar refractivity (Wildman–Crippen MR) is 113 cm³/mol. The van der Waals surface area contributed by atoms with Crippen LogP contribution in [0.2, 0.25) is 0 Å². The van der Waals surface area contributed by atoms with Gasteiger partial charge in [0.2, 0.25) is 0 Å². The lowest BCUT2D eigenvalue weighted by Gasteiger charge is -2.17. The van der Waals surface area contributed by atoms with Crippen LogP contribution in [0.5, 0.6) is 5.75 Å². The van der Waals surface area contributed by atoms with Crippen LogP contribution < -0.4 is 15.6 Å². The number of carbonyl (C=O) groups is 2. The van der Waals surface area contributed by atoms with Crippen LogP contribution in [0.1, 0.15) is 48.1 Å². The fourth-order valence-electron chi connectivity index (χ4n) is 3.11. The van der Waals surface area contributed by atoms with Gasteiger partial charge in [-0.1, -0.05) is 43.7 Å². The maximum absolute atomic E-state index is 12.9. The molecule has 0 aliphatic heterocycles. The van der Waals surface area contributed by atoms with E-state index < -0.39 is 23.5 Å². The van der Waals surface area contributed by atoms with E-state index in [1.54, 1.807) is 54.7 Å². The molecule has 0 fully saturated rings. The molecule has 3 rings (SSSR count). The maximum atomic E-state index is 12.9.